The Labute approximate surface area is 101 Å². The van der Waals surface area contributed by atoms with E-state index in [0.717, 1.165) is 12.8 Å². The second-order valence-electron chi connectivity index (χ2n) is 4.50. The maximum atomic E-state index is 12.0. The van der Waals surface area contributed by atoms with Crippen molar-refractivity contribution in [2.24, 2.45) is 0 Å². The predicted molar refractivity (Wildman–Crippen MR) is 64.7 cm³/mol. The lowest BCUT2D eigenvalue weighted by atomic mass is 9.88. The van der Waals surface area contributed by atoms with Gasteiger partial charge >= 0.3 is 5.97 Å². The normalized spacial score (nSPS) is 24.4. The zero-order valence-electron chi connectivity index (χ0n) is 10.2. The first-order valence-corrected chi connectivity index (χ1v) is 5.88. The number of hydrogen-bond donors (Lipinski definition) is 2. The fourth-order valence-electron chi connectivity index (χ4n) is 2.12. The molecule has 5 heteroatoms. The number of carboxylic acids is 1. The van der Waals surface area contributed by atoms with Gasteiger partial charge in [0.15, 0.2) is 0 Å². The molecule has 1 heterocycles. The zero-order valence-corrected chi connectivity index (χ0v) is 10.2. The van der Waals surface area contributed by atoms with Gasteiger partial charge in [-0.3, -0.25) is 4.79 Å². The van der Waals surface area contributed by atoms with E-state index in [1.165, 1.54) is 4.90 Å². The summed E-state index contributed by atoms with van der Waals surface area (Å²) in [5.74, 6) is -1.08. The van der Waals surface area contributed by atoms with Crippen molar-refractivity contribution < 1.29 is 14.7 Å². The number of hydrogen-bond acceptors (Lipinski definition) is 3. The summed E-state index contributed by atoms with van der Waals surface area (Å²) in [5, 5.41) is 12.2. The van der Waals surface area contributed by atoms with Crippen LogP contribution in [0.1, 0.15) is 26.2 Å². The largest absolute Gasteiger partial charge is 0.480 e. The van der Waals surface area contributed by atoms with Crippen molar-refractivity contribution in [3.8, 4) is 0 Å². The topological polar surface area (TPSA) is 69.6 Å². The van der Waals surface area contributed by atoms with Gasteiger partial charge in [0.1, 0.15) is 5.54 Å². The second-order valence-corrected chi connectivity index (χ2v) is 4.50. The molecule has 2 N–H and O–H groups in total. The van der Waals surface area contributed by atoms with Crippen LogP contribution >= 0.6 is 0 Å². The summed E-state index contributed by atoms with van der Waals surface area (Å²) in [6, 6.07) is 0. The molecule has 0 bridgehead atoms. The Hall–Kier alpha value is -1.36. The monoisotopic (exact) mass is 240 g/mol. The van der Waals surface area contributed by atoms with Crippen LogP contribution in [-0.4, -0.2) is 47.1 Å². The van der Waals surface area contributed by atoms with Crippen molar-refractivity contribution in [3.05, 3.63) is 12.7 Å². The number of carboxylic acid groups (broad SMARTS) is 1. The quantitative estimate of drug-likeness (QED) is 0.546. The first-order chi connectivity index (χ1) is 8.02. The highest BCUT2D eigenvalue weighted by Gasteiger charge is 2.43. The molecule has 17 heavy (non-hydrogen) atoms. The van der Waals surface area contributed by atoms with Gasteiger partial charge in [0, 0.05) is 13.1 Å². The predicted octanol–water partition coefficient (Wildman–Crippen LogP) is 0.618. The molecule has 0 aromatic carbocycles. The third kappa shape index (κ3) is 3.06. The van der Waals surface area contributed by atoms with Crippen LogP contribution in [0.5, 0.6) is 0 Å². The number of nitrogens with zero attached hydrogens (tertiary/aromatic N) is 1. The van der Waals surface area contributed by atoms with Crippen molar-refractivity contribution in [2.75, 3.05) is 19.6 Å². The fourth-order valence-corrected chi connectivity index (χ4v) is 2.12. The van der Waals surface area contributed by atoms with E-state index in [1.54, 1.807) is 13.0 Å². The van der Waals surface area contributed by atoms with Gasteiger partial charge in [0.2, 0.25) is 5.91 Å². The first-order valence-electron chi connectivity index (χ1n) is 5.88. The number of likely N-dealkylation sites (tertiary alicyclic amines) is 1. The van der Waals surface area contributed by atoms with E-state index in [0.29, 0.717) is 19.5 Å². The molecule has 1 saturated heterocycles. The number of rotatable bonds is 5. The number of aliphatic carboxylic acids is 1. The van der Waals surface area contributed by atoms with Crippen LogP contribution in [0.4, 0.5) is 0 Å². The van der Waals surface area contributed by atoms with Crippen molar-refractivity contribution >= 4 is 11.9 Å². The molecule has 0 aromatic rings. The highest BCUT2D eigenvalue weighted by atomic mass is 16.4. The average molecular weight is 240 g/mol. The van der Waals surface area contributed by atoms with Crippen molar-refractivity contribution in [2.45, 2.75) is 31.7 Å². The first kappa shape index (κ1) is 13.7. The smallest absolute Gasteiger partial charge is 0.329 e. The summed E-state index contributed by atoms with van der Waals surface area (Å²) in [7, 11) is 0. The summed E-state index contributed by atoms with van der Waals surface area (Å²) in [4.78, 5) is 24.7. The summed E-state index contributed by atoms with van der Waals surface area (Å²) < 4.78 is 0. The highest BCUT2D eigenvalue weighted by Crippen LogP contribution is 2.28. The van der Waals surface area contributed by atoms with Gasteiger partial charge in [-0.15, -0.1) is 6.58 Å². The van der Waals surface area contributed by atoms with E-state index >= 15 is 0 Å². The van der Waals surface area contributed by atoms with Crippen LogP contribution in [0.15, 0.2) is 12.7 Å². The van der Waals surface area contributed by atoms with Gasteiger partial charge in [-0.25, -0.2) is 4.79 Å². The molecular weight excluding hydrogens is 220 g/mol. The summed E-state index contributed by atoms with van der Waals surface area (Å²) in [6.45, 7) is 6.40. The van der Waals surface area contributed by atoms with Gasteiger partial charge in [-0.2, -0.15) is 0 Å². The molecule has 1 amide bonds. The zero-order chi connectivity index (χ0) is 12.9. The second kappa shape index (κ2) is 5.82. The molecule has 0 aliphatic carbocycles. The lowest BCUT2D eigenvalue weighted by Gasteiger charge is -2.41. The number of piperidine rings is 1. The maximum Gasteiger partial charge on any atom is 0.329 e. The number of nitrogens with one attached hydrogen (secondary N) is 1. The van der Waals surface area contributed by atoms with Crippen molar-refractivity contribution in [3.63, 3.8) is 0 Å². The molecule has 5 nitrogen and oxygen atoms in total. The molecule has 96 valence electrons. The van der Waals surface area contributed by atoms with Gasteiger partial charge in [0.25, 0.3) is 0 Å². The molecule has 0 aromatic heterocycles. The van der Waals surface area contributed by atoms with E-state index < -0.39 is 11.5 Å². The van der Waals surface area contributed by atoms with Gasteiger partial charge in [-0.05, 0) is 26.2 Å². The Kier molecular flexibility index (Phi) is 4.69. The molecule has 1 unspecified atom stereocenters. The summed E-state index contributed by atoms with van der Waals surface area (Å²) in [5.41, 5.74) is -1.05. The lowest BCUT2D eigenvalue weighted by molar-refractivity contribution is -0.160. The lowest BCUT2D eigenvalue weighted by Crippen LogP contribution is -2.59. The average Bonchev–Trinajstić information content (AvgIpc) is 2.29. The number of carbonyl (C=O) groups is 2. The molecule has 0 radical (unpaired) electrons. The minimum Gasteiger partial charge on any atom is -0.480 e. The van der Waals surface area contributed by atoms with Crippen molar-refractivity contribution in [1.29, 1.82) is 0 Å². The highest BCUT2D eigenvalue weighted by molar-refractivity contribution is 5.87. The number of amides is 1. The summed E-state index contributed by atoms with van der Waals surface area (Å²) in [6.07, 6.45) is 3.91. The Morgan fingerprint density at radius 1 is 1.53 bits per heavy atom. The van der Waals surface area contributed by atoms with Gasteiger partial charge in [0.05, 0.1) is 6.54 Å². The molecule has 0 saturated carbocycles. The third-order valence-corrected chi connectivity index (χ3v) is 3.22. The molecule has 1 atom stereocenters. The molecule has 1 rings (SSSR count). The third-order valence-electron chi connectivity index (χ3n) is 3.22. The Balaban J connectivity index is 2.67. The fraction of sp³-hybridized carbons (Fsp3) is 0.667. The van der Waals surface area contributed by atoms with Crippen LogP contribution in [0, 0.1) is 0 Å². The number of carbonyl (C=O) groups excluding carboxylic acids is 1. The molecular formula is C12H20N2O3. The Morgan fingerprint density at radius 3 is 2.82 bits per heavy atom. The van der Waals surface area contributed by atoms with E-state index in [1.807, 2.05) is 0 Å². The standard InChI is InChI=1S/C12H20N2O3/c1-3-7-13-9-10(15)14-8-5-4-6-12(14,2)11(16)17/h3,13H,1,4-9H2,2H3,(H,16,17). The van der Waals surface area contributed by atoms with Gasteiger partial charge < -0.3 is 15.3 Å². The van der Waals surface area contributed by atoms with E-state index in [-0.39, 0.29) is 12.5 Å². The van der Waals surface area contributed by atoms with Crippen LogP contribution in [-0.2, 0) is 9.59 Å². The van der Waals surface area contributed by atoms with Crippen LogP contribution in [0.3, 0.4) is 0 Å². The summed E-state index contributed by atoms with van der Waals surface area (Å²) >= 11 is 0. The minimum absolute atomic E-state index is 0.156. The SMILES string of the molecule is C=CCNCC(=O)N1CCCCC1(C)C(=O)O. The van der Waals surface area contributed by atoms with E-state index in [9.17, 15) is 14.7 Å². The van der Waals surface area contributed by atoms with Crippen LogP contribution in [0.2, 0.25) is 0 Å². The molecule has 1 aliphatic rings. The maximum absolute atomic E-state index is 12.0. The minimum atomic E-state index is -1.05. The Morgan fingerprint density at radius 2 is 2.24 bits per heavy atom. The van der Waals surface area contributed by atoms with E-state index in [4.69, 9.17) is 0 Å². The van der Waals surface area contributed by atoms with E-state index in [2.05, 4.69) is 11.9 Å². The van der Waals surface area contributed by atoms with Crippen LogP contribution in [0.25, 0.3) is 0 Å². The molecule has 0 spiro atoms. The van der Waals surface area contributed by atoms with Crippen LogP contribution < -0.4 is 5.32 Å². The molecule has 1 fully saturated rings. The Bertz CT molecular complexity index is 317. The van der Waals surface area contributed by atoms with Gasteiger partial charge in [-0.1, -0.05) is 6.08 Å². The molecule has 1 aliphatic heterocycles. The van der Waals surface area contributed by atoms with Crippen molar-refractivity contribution in [1.82, 2.24) is 10.2 Å².